The average Bonchev–Trinajstić information content (AvgIpc) is 2.41. The van der Waals surface area contributed by atoms with E-state index in [9.17, 15) is 9.59 Å². The molecule has 0 atom stereocenters. The number of allylic oxidation sites excluding steroid dienone is 2. The quantitative estimate of drug-likeness (QED) is 0.493. The molecule has 0 spiro atoms. The maximum atomic E-state index is 11.3. The van der Waals surface area contributed by atoms with Crippen LogP contribution < -0.4 is 0 Å². The molecule has 1 heterocycles. The van der Waals surface area contributed by atoms with E-state index in [0.29, 0.717) is 11.3 Å². The molecule has 0 saturated heterocycles. The minimum Gasteiger partial charge on any atom is -0.462 e. The molecule has 1 aliphatic rings. The van der Waals surface area contributed by atoms with Crippen molar-refractivity contribution in [2.45, 2.75) is 20.8 Å². The summed E-state index contributed by atoms with van der Waals surface area (Å²) in [7, 11) is 0. The van der Waals surface area contributed by atoms with Crippen LogP contribution in [0.5, 0.6) is 0 Å². The first kappa shape index (κ1) is 10.5. The summed E-state index contributed by atoms with van der Waals surface area (Å²) >= 11 is 0. The van der Waals surface area contributed by atoms with Gasteiger partial charge in [0.2, 0.25) is 0 Å². The predicted octanol–water partition coefficient (Wildman–Crippen LogP) is 1.33. The van der Waals surface area contributed by atoms with Crippen molar-refractivity contribution >= 4 is 11.9 Å². The van der Waals surface area contributed by atoms with E-state index in [2.05, 4.69) is 0 Å². The van der Waals surface area contributed by atoms with E-state index in [1.165, 1.54) is 0 Å². The fraction of sp³-hybridized carbons (Fsp3) is 0.400. The molecule has 0 aromatic rings. The van der Waals surface area contributed by atoms with Crippen molar-refractivity contribution < 1.29 is 19.1 Å². The van der Waals surface area contributed by atoms with Crippen molar-refractivity contribution in [1.29, 1.82) is 0 Å². The lowest BCUT2D eigenvalue weighted by atomic mass is 10.1. The van der Waals surface area contributed by atoms with E-state index in [-0.39, 0.29) is 12.2 Å². The van der Waals surface area contributed by atoms with Crippen LogP contribution in [0.4, 0.5) is 0 Å². The maximum Gasteiger partial charge on any atom is 0.351 e. The number of esters is 2. The molecule has 0 unspecified atom stereocenters. The van der Waals surface area contributed by atoms with Gasteiger partial charge in [-0.3, -0.25) is 0 Å². The van der Waals surface area contributed by atoms with Gasteiger partial charge in [0.05, 0.1) is 6.61 Å². The van der Waals surface area contributed by atoms with Crippen molar-refractivity contribution in [3.05, 3.63) is 23.0 Å². The van der Waals surface area contributed by atoms with Gasteiger partial charge in [0.25, 0.3) is 0 Å². The molecule has 1 rings (SSSR count). The summed E-state index contributed by atoms with van der Waals surface area (Å²) in [5.41, 5.74) is 0.538. The Labute approximate surface area is 82.2 Å². The number of hydrogen-bond donors (Lipinski definition) is 0. The highest BCUT2D eigenvalue weighted by atomic mass is 16.6. The summed E-state index contributed by atoms with van der Waals surface area (Å²) in [4.78, 5) is 22.6. The van der Waals surface area contributed by atoms with Gasteiger partial charge in [0, 0.05) is 5.57 Å². The Kier molecular flexibility index (Phi) is 3.06. The number of cyclic esters (lactones) is 1. The van der Waals surface area contributed by atoms with Crippen molar-refractivity contribution in [3.8, 4) is 0 Å². The third-order valence-corrected chi connectivity index (χ3v) is 1.89. The van der Waals surface area contributed by atoms with E-state index >= 15 is 0 Å². The smallest absolute Gasteiger partial charge is 0.351 e. The number of carbonyl (C=O) groups excluding carboxylic acids is 2. The van der Waals surface area contributed by atoms with Crippen LogP contribution in [-0.4, -0.2) is 18.5 Å². The van der Waals surface area contributed by atoms with Crippen LogP contribution in [0.1, 0.15) is 20.8 Å². The second kappa shape index (κ2) is 4.09. The highest BCUT2D eigenvalue weighted by Crippen LogP contribution is 2.26. The summed E-state index contributed by atoms with van der Waals surface area (Å²) in [6, 6.07) is 0. The van der Waals surface area contributed by atoms with E-state index in [0.717, 1.165) is 0 Å². The molecule has 0 saturated carbocycles. The normalized spacial score (nSPS) is 18.8. The van der Waals surface area contributed by atoms with Crippen LogP contribution in [0.2, 0.25) is 0 Å². The summed E-state index contributed by atoms with van der Waals surface area (Å²) < 4.78 is 9.58. The van der Waals surface area contributed by atoms with E-state index in [4.69, 9.17) is 9.47 Å². The highest BCUT2D eigenvalue weighted by Gasteiger charge is 2.32. The van der Waals surface area contributed by atoms with Gasteiger partial charge in [-0.25, -0.2) is 9.59 Å². The van der Waals surface area contributed by atoms with Gasteiger partial charge in [-0.2, -0.15) is 0 Å². The number of ether oxygens (including phenoxy) is 2. The van der Waals surface area contributed by atoms with Crippen molar-refractivity contribution in [2.75, 3.05) is 6.61 Å². The average molecular weight is 196 g/mol. The van der Waals surface area contributed by atoms with Crippen LogP contribution in [0.3, 0.4) is 0 Å². The number of carbonyl (C=O) groups is 2. The maximum absolute atomic E-state index is 11.3. The van der Waals surface area contributed by atoms with Gasteiger partial charge >= 0.3 is 11.9 Å². The Bertz CT molecular complexity index is 336. The number of rotatable bonds is 2. The monoisotopic (exact) mass is 196 g/mol. The zero-order valence-corrected chi connectivity index (χ0v) is 8.42. The van der Waals surface area contributed by atoms with Crippen LogP contribution >= 0.6 is 0 Å². The molecule has 76 valence electrons. The zero-order chi connectivity index (χ0) is 10.7. The third-order valence-electron chi connectivity index (χ3n) is 1.89. The molecule has 4 nitrogen and oxygen atoms in total. The van der Waals surface area contributed by atoms with Gasteiger partial charge in [0.15, 0.2) is 5.57 Å². The molecular weight excluding hydrogens is 184 g/mol. The molecule has 0 aromatic heterocycles. The molecule has 0 aromatic carbocycles. The molecule has 4 heteroatoms. The highest BCUT2D eigenvalue weighted by molar-refractivity contribution is 6.17. The molecular formula is C10H12O4. The minimum absolute atomic E-state index is 0.0000463. The Hall–Kier alpha value is -1.58. The molecule has 14 heavy (non-hydrogen) atoms. The van der Waals surface area contributed by atoms with E-state index < -0.39 is 11.9 Å². The number of hydrogen-bond acceptors (Lipinski definition) is 4. The van der Waals surface area contributed by atoms with Gasteiger partial charge < -0.3 is 9.47 Å². The van der Waals surface area contributed by atoms with E-state index in [1.807, 2.05) is 0 Å². The SMILES string of the molecule is C/C=C1/OC(=O)C(C(=O)OCC)=C1C. The topological polar surface area (TPSA) is 52.6 Å². The Morgan fingerprint density at radius 1 is 1.57 bits per heavy atom. The van der Waals surface area contributed by atoms with Gasteiger partial charge in [0.1, 0.15) is 5.76 Å². The Morgan fingerprint density at radius 3 is 2.64 bits per heavy atom. The summed E-state index contributed by atoms with van der Waals surface area (Å²) in [6.45, 7) is 5.32. The van der Waals surface area contributed by atoms with Crippen molar-refractivity contribution in [2.24, 2.45) is 0 Å². The fourth-order valence-corrected chi connectivity index (χ4v) is 1.22. The largest absolute Gasteiger partial charge is 0.462 e. The molecule has 0 fully saturated rings. The van der Waals surface area contributed by atoms with Gasteiger partial charge in [-0.1, -0.05) is 0 Å². The molecule has 0 bridgehead atoms. The first-order chi connectivity index (χ1) is 6.61. The Morgan fingerprint density at radius 2 is 2.21 bits per heavy atom. The van der Waals surface area contributed by atoms with Crippen LogP contribution in [0.25, 0.3) is 0 Å². The molecule has 0 amide bonds. The molecule has 0 aliphatic carbocycles. The van der Waals surface area contributed by atoms with Gasteiger partial charge in [-0.15, -0.1) is 0 Å². The lowest BCUT2D eigenvalue weighted by molar-refractivity contribution is -0.143. The first-order valence-electron chi connectivity index (χ1n) is 4.38. The molecule has 0 N–H and O–H groups in total. The second-order valence-electron chi connectivity index (χ2n) is 2.76. The van der Waals surface area contributed by atoms with Crippen LogP contribution in [-0.2, 0) is 19.1 Å². The molecule has 1 aliphatic heterocycles. The van der Waals surface area contributed by atoms with E-state index in [1.54, 1.807) is 26.8 Å². The van der Waals surface area contributed by atoms with Crippen molar-refractivity contribution in [3.63, 3.8) is 0 Å². The lowest BCUT2D eigenvalue weighted by Crippen LogP contribution is -2.13. The van der Waals surface area contributed by atoms with Crippen molar-refractivity contribution in [1.82, 2.24) is 0 Å². The van der Waals surface area contributed by atoms with Crippen LogP contribution in [0.15, 0.2) is 23.0 Å². The minimum atomic E-state index is -0.631. The molecule has 0 radical (unpaired) electrons. The predicted molar refractivity (Wildman–Crippen MR) is 49.2 cm³/mol. The first-order valence-corrected chi connectivity index (χ1v) is 4.38. The van der Waals surface area contributed by atoms with Crippen LogP contribution in [0, 0.1) is 0 Å². The summed E-state index contributed by atoms with van der Waals surface area (Å²) in [5.74, 6) is -0.820. The second-order valence-corrected chi connectivity index (χ2v) is 2.76. The Balaban J connectivity index is 3.01. The summed E-state index contributed by atoms with van der Waals surface area (Å²) in [5, 5.41) is 0. The van der Waals surface area contributed by atoms with Gasteiger partial charge in [-0.05, 0) is 26.8 Å². The fourth-order valence-electron chi connectivity index (χ4n) is 1.22. The summed E-state index contributed by atoms with van der Waals surface area (Å²) in [6.07, 6.45) is 1.64. The zero-order valence-electron chi connectivity index (χ0n) is 8.42. The third kappa shape index (κ3) is 1.69. The lowest BCUT2D eigenvalue weighted by Gasteiger charge is -1.99. The standard InChI is InChI=1S/C10H12O4/c1-4-7-6(3)8(10(12)14-7)9(11)13-5-2/h4H,5H2,1-3H3/b7-4+.